The molecule has 1 fully saturated rings. The topological polar surface area (TPSA) is 88.1 Å². The SMILES string of the molecule is C=C1CC(CCCCCOc2ccc(C(=O)Oc3ccc(/C=C/C(=O)OCC)cc3)cc2)OC1=O. The molecule has 0 spiro atoms. The van der Waals surface area contributed by atoms with Crippen molar-refractivity contribution < 1.29 is 33.3 Å². The van der Waals surface area contributed by atoms with E-state index >= 15 is 0 Å². The highest BCUT2D eigenvalue weighted by molar-refractivity contribution is 5.91. The molecule has 184 valence electrons. The van der Waals surface area contributed by atoms with Gasteiger partial charge in [-0.2, -0.15) is 0 Å². The van der Waals surface area contributed by atoms with Crippen molar-refractivity contribution >= 4 is 24.0 Å². The second-order valence-corrected chi connectivity index (χ2v) is 8.10. The number of carbonyl (C=O) groups excluding carboxylic acids is 3. The number of ether oxygens (including phenoxy) is 4. The molecule has 1 aliphatic heterocycles. The van der Waals surface area contributed by atoms with Gasteiger partial charge in [0.2, 0.25) is 0 Å². The number of benzene rings is 2. The van der Waals surface area contributed by atoms with Gasteiger partial charge in [0.1, 0.15) is 17.6 Å². The Morgan fingerprint density at radius 1 is 1.03 bits per heavy atom. The predicted octanol–water partition coefficient (Wildman–Crippen LogP) is 5.29. The molecule has 0 amide bonds. The highest BCUT2D eigenvalue weighted by Crippen LogP contribution is 2.23. The maximum atomic E-state index is 12.4. The first-order chi connectivity index (χ1) is 16.9. The van der Waals surface area contributed by atoms with Crippen LogP contribution in [0.25, 0.3) is 6.08 Å². The molecular weight excluding hydrogens is 448 g/mol. The van der Waals surface area contributed by atoms with Crippen LogP contribution in [0.1, 0.15) is 54.9 Å². The van der Waals surface area contributed by atoms with Gasteiger partial charge in [-0.15, -0.1) is 0 Å². The van der Waals surface area contributed by atoms with Gasteiger partial charge < -0.3 is 18.9 Å². The van der Waals surface area contributed by atoms with Gasteiger partial charge in [-0.1, -0.05) is 18.7 Å². The zero-order valence-electron chi connectivity index (χ0n) is 19.9. The Balaban J connectivity index is 1.36. The van der Waals surface area contributed by atoms with Gasteiger partial charge in [0.15, 0.2) is 0 Å². The zero-order valence-corrected chi connectivity index (χ0v) is 19.9. The molecule has 7 heteroatoms. The van der Waals surface area contributed by atoms with Crippen molar-refractivity contribution in [2.24, 2.45) is 0 Å². The van der Waals surface area contributed by atoms with Crippen LogP contribution in [0, 0.1) is 0 Å². The van der Waals surface area contributed by atoms with E-state index in [1.807, 2.05) is 0 Å². The molecule has 1 atom stereocenters. The minimum atomic E-state index is -0.471. The largest absolute Gasteiger partial charge is 0.494 e. The highest BCUT2D eigenvalue weighted by Gasteiger charge is 2.26. The zero-order chi connectivity index (χ0) is 25.0. The van der Waals surface area contributed by atoms with E-state index in [0.717, 1.165) is 31.2 Å². The molecule has 1 saturated heterocycles. The summed E-state index contributed by atoms with van der Waals surface area (Å²) in [4.78, 5) is 35.1. The lowest BCUT2D eigenvalue weighted by atomic mass is 10.1. The molecule has 2 aromatic carbocycles. The summed E-state index contributed by atoms with van der Waals surface area (Å²) >= 11 is 0. The fraction of sp³-hybridized carbons (Fsp3) is 0.321. The second kappa shape index (κ2) is 13.1. The molecule has 0 radical (unpaired) electrons. The molecular formula is C28H30O7. The van der Waals surface area contributed by atoms with Crippen LogP contribution >= 0.6 is 0 Å². The Hall–Kier alpha value is -3.87. The maximum Gasteiger partial charge on any atom is 0.343 e. The van der Waals surface area contributed by atoms with Crippen LogP contribution in [-0.2, 0) is 19.1 Å². The lowest BCUT2D eigenvalue weighted by Gasteiger charge is -2.09. The van der Waals surface area contributed by atoms with E-state index in [1.165, 1.54) is 6.08 Å². The van der Waals surface area contributed by atoms with Crippen molar-refractivity contribution in [1.82, 2.24) is 0 Å². The number of rotatable bonds is 12. The fourth-order valence-corrected chi connectivity index (χ4v) is 3.49. The van der Waals surface area contributed by atoms with Crippen molar-refractivity contribution in [3.05, 3.63) is 77.9 Å². The third-order valence-corrected chi connectivity index (χ3v) is 5.35. The number of esters is 3. The van der Waals surface area contributed by atoms with E-state index in [2.05, 4.69) is 6.58 Å². The summed E-state index contributed by atoms with van der Waals surface area (Å²) in [6.45, 7) is 6.33. The van der Waals surface area contributed by atoms with Gasteiger partial charge in [0.25, 0.3) is 0 Å². The van der Waals surface area contributed by atoms with Gasteiger partial charge in [-0.3, -0.25) is 0 Å². The smallest absolute Gasteiger partial charge is 0.343 e. The molecule has 3 rings (SSSR count). The van der Waals surface area contributed by atoms with Crippen molar-refractivity contribution in [3.8, 4) is 11.5 Å². The summed E-state index contributed by atoms with van der Waals surface area (Å²) < 4.78 is 21.2. The minimum Gasteiger partial charge on any atom is -0.494 e. The van der Waals surface area contributed by atoms with Crippen molar-refractivity contribution in [3.63, 3.8) is 0 Å². The summed E-state index contributed by atoms with van der Waals surface area (Å²) in [6.07, 6.45) is 7.24. The van der Waals surface area contributed by atoms with E-state index in [4.69, 9.17) is 18.9 Å². The normalized spacial score (nSPS) is 15.2. The summed E-state index contributed by atoms with van der Waals surface area (Å²) in [6, 6.07) is 13.6. The third-order valence-electron chi connectivity index (χ3n) is 5.35. The summed E-state index contributed by atoms with van der Waals surface area (Å²) in [5, 5.41) is 0. The van der Waals surface area contributed by atoms with Crippen LogP contribution in [0.5, 0.6) is 11.5 Å². The van der Waals surface area contributed by atoms with Gasteiger partial charge >= 0.3 is 17.9 Å². The van der Waals surface area contributed by atoms with Gasteiger partial charge in [0, 0.05) is 18.1 Å². The standard InChI is InChI=1S/C28H30O7/c1-3-32-26(29)17-10-21-8-13-24(14-9-21)34-28(31)22-11-15-23(16-12-22)33-18-6-4-5-7-25-19-20(2)27(30)35-25/h8-17,25H,2-7,18-19H2,1H3/b17-10+. The summed E-state index contributed by atoms with van der Waals surface area (Å²) in [5.41, 5.74) is 1.76. The van der Waals surface area contributed by atoms with E-state index in [9.17, 15) is 14.4 Å². The molecule has 0 saturated carbocycles. The molecule has 0 N–H and O–H groups in total. The maximum absolute atomic E-state index is 12.4. The highest BCUT2D eigenvalue weighted by atomic mass is 16.6. The Morgan fingerprint density at radius 3 is 2.40 bits per heavy atom. The van der Waals surface area contributed by atoms with Gasteiger partial charge in [0.05, 0.1) is 18.8 Å². The summed E-state index contributed by atoms with van der Waals surface area (Å²) in [5.74, 6) is -0.0680. The first-order valence-electron chi connectivity index (χ1n) is 11.7. The average molecular weight is 479 g/mol. The van der Waals surface area contributed by atoms with Crippen molar-refractivity contribution in [2.75, 3.05) is 13.2 Å². The van der Waals surface area contributed by atoms with Crippen molar-refractivity contribution in [2.45, 2.75) is 45.1 Å². The van der Waals surface area contributed by atoms with E-state index < -0.39 is 11.9 Å². The number of cyclic esters (lactones) is 1. The molecule has 1 aliphatic rings. The molecule has 35 heavy (non-hydrogen) atoms. The molecule has 1 heterocycles. The second-order valence-electron chi connectivity index (χ2n) is 8.10. The van der Waals surface area contributed by atoms with E-state index in [0.29, 0.717) is 42.3 Å². The molecule has 0 bridgehead atoms. The Labute approximate surface area is 205 Å². The lowest BCUT2D eigenvalue weighted by Crippen LogP contribution is -2.08. The number of hydrogen-bond donors (Lipinski definition) is 0. The van der Waals surface area contributed by atoms with Gasteiger partial charge in [-0.25, -0.2) is 14.4 Å². The third kappa shape index (κ3) is 8.45. The number of carbonyl (C=O) groups is 3. The molecule has 0 aromatic heterocycles. The predicted molar refractivity (Wildman–Crippen MR) is 131 cm³/mol. The van der Waals surface area contributed by atoms with E-state index in [1.54, 1.807) is 61.5 Å². The average Bonchev–Trinajstić information content (AvgIpc) is 3.18. The Morgan fingerprint density at radius 2 is 1.74 bits per heavy atom. The summed E-state index contributed by atoms with van der Waals surface area (Å²) in [7, 11) is 0. The number of hydrogen-bond acceptors (Lipinski definition) is 7. The molecule has 7 nitrogen and oxygen atoms in total. The quantitative estimate of drug-likeness (QED) is 0.177. The number of unbranched alkanes of at least 4 members (excludes halogenated alkanes) is 2. The first kappa shape index (κ1) is 25.7. The van der Waals surface area contributed by atoms with Crippen LogP contribution in [0.3, 0.4) is 0 Å². The molecule has 0 aliphatic carbocycles. The van der Waals surface area contributed by atoms with Crippen LogP contribution < -0.4 is 9.47 Å². The fourth-order valence-electron chi connectivity index (χ4n) is 3.49. The first-order valence-corrected chi connectivity index (χ1v) is 11.7. The van der Waals surface area contributed by atoms with Crippen LogP contribution in [0.4, 0.5) is 0 Å². The Bertz CT molecular complexity index is 1040. The molecule has 1 unspecified atom stereocenters. The minimum absolute atomic E-state index is 0.0330. The monoisotopic (exact) mass is 478 g/mol. The van der Waals surface area contributed by atoms with Gasteiger partial charge in [-0.05, 0) is 80.6 Å². The van der Waals surface area contributed by atoms with E-state index in [-0.39, 0.29) is 12.1 Å². The molecule has 2 aromatic rings. The van der Waals surface area contributed by atoms with Crippen molar-refractivity contribution in [1.29, 1.82) is 0 Å². The van der Waals surface area contributed by atoms with Crippen LogP contribution in [-0.4, -0.2) is 37.2 Å². The van der Waals surface area contributed by atoms with Crippen LogP contribution in [0.15, 0.2) is 66.8 Å². The Kier molecular flexibility index (Phi) is 9.66. The van der Waals surface area contributed by atoms with Crippen LogP contribution in [0.2, 0.25) is 0 Å². The lowest BCUT2D eigenvalue weighted by molar-refractivity contribution is -0.139.